The van der Waals surface area contributed by atoms with Crippen LogP contribution in [0, 0.1) is 6.92 Å². The smallest absolute Gasteiger partial charge is 0.120 e. The molecule has 0 aliphatic carbocycles. The zero-order chi connectivity index (χ0) is 13.4. The van der Waals surface area contributed by atoms with Crippen LogP contribution in [0.2, 0.25) is 0 Å². The van der Waals surface area contributed by atoms with Gasteiger partial charge in [-0.3, -0.25) is 4.90 Å². The van der Waals surface area contributed by atoms with E-state index in [1.165, 1.54) is 11.1 Å². The van der Waals surface area contributed by atoms with Crippen molar-refractivity contribution in [1.29, 1.82) is 0 Å². The first kappa shape index (κ1) is 12.9. The van der Waals surface area contributed by atoms with E-state index >= 15 is 0 Å². The summed E-state index contributed by atoms with van der Waals surface area (Å²) in [6, 6.07) is 4.86. The average molecular weight is 276 g/mol. The topological polar surface area (TPSA) is 42.4 Å². The first-order valence-corrected chi connectivity index (χ1v) is 7.65. The lowest BCUT2D eigenvalue weighted by Gasteiger charge is -2.32. The quantitative estimate of drug-likeness (QED) is 0.936. The first-order chi connectivity index (χ1) is 9.19. The Labute approximate surface area is 118 Å². The highest BCUT2D eigenvalue weighted by Gasteiger charge is 2.25. The Morgan fingerprint density at radius 3 is 3.11 bits per heavy atom. The van der Waals surface area contributed by atoms with Gasteiger partial charge in [-0.15, -0.1) is 11.3 Å². The third-order valence-corrected chi connectivity index (χ3v) is 5.02. The molecule has 3 heterocycles. The van der Waals surface area contributed by atoms with E-state index in [9.17, 15) is 0 Å². The zero-order valence-corrected chi connectivity index (χ0v) is 12.3. The Bertz CT molecular complexity index is 572. The number of rotatable bonds is 3. The monoisotopic (exact) mass is 276 g/mol. The van der Waals surface area contributed by atoms with E-state index in [1.54, 1.807) is 4.88 Å². The number of aryl methyl sites for hydroxylation is 1. The van der Waals surface area contributed by atoms with Crippen molar-refractivity contribution in [2.45, 2.75) is 39.4 Å². The predicted molar refractivity (Wildman–Crippen MR) is 78.2 cm³/mol. The minimum Gasteiger partial charge on any atom is -0.463 e. The van der Waals surface area contributed by atoms with Crippen molar-refractivity contribution in [1.82, 2.24) is 4.90 Å². The Hall–Kier alpha value is -1.10. The lowest BCUT2D eigenvalue weighted by Crippen LogP contribution is -2.32. The third kappa shape index (κ3) is 2.36. The van der Waals surface area contributed by atoms with Crippen LogP contribution in [0.3, 0.4) is 0 Å². The molecule has 1 aliphatic rings. The van der Waals surface area contributed by atoms with Crippen molar-refractivity contribution >= 4 is 11.3 Å². The van der Waals surface area contributed by atoms with E-state index in [-0.39, 0.29) is 0 Å². The fourth-order valence-electron chi connectivity index (χ4n) is 2.85. The van der Waals surface area contributed by atoms with Crippen LogP contribution in [-0.4, -0.2) is 11.4 Å². The van der Waals surface area contributed by atoms with Crippen molar-refractivity contribution < 1.29 is 4.42 Å². The van der Waals surface area contributed by atoms with Crippen LogP contribution in [0.5, 0.6) is 0 Å². The lowest BCUT2D eigenvalue weighted by molar-refractivity contribution is 0.176. The highest BCUT2D eigenvalue weighted by Crippen LogP contribution is 2.33. The summed E-state index contributed by atoms with van der Waals surface area (Å²) in [4.78, 5) is 4.02. The number of hydrogen-bond acceptors (Lipinski definition) is 4. The molecule has 0 saturated heterocycles. The van der Waals surface area contributed by atoms with Gasteiger partial charge in [0.2, 0.25) is 0 Å². The summed E-state index contributed by atoms with van der Waals surface area (Å²) in [5.74, 6) is 1.94. The molecule has 3 nitrogen and oxygen atoms in total. The van der Waals surface area contributed by atoms with Gasteiger partial charge in [0.25, 0.3) is 0 Å². The standard InChI is InChI=1S/C15H20N2OS/c1-10-7-12(18-14(10)8-16)9-17-5-3-15-13(11(17)2)4-6-19-15/h4,6-7,11H,3,5,8-9,16H2,1-2H3. The number of fused-ring (bicyclic) bond motifs is 1. The van der Waals surface area contributed by atoms with Crippen molar-refractivity contribution in [3.63, 3.8) is 0 Å². The summed E-state index contributed by atoms with van der Waals surface area (Å²) in [6.07, 6.45) is 1.15. The Morgan fingerprint density at radius 1 is 1.53 bits per heavy atom. The van der Waals surface area contributed by atoms with Crippen molar-refractivity contribution in [3.05, 3.63) is 45.0 Å². The molecule has 19 heavy (non-hydrogen) atoms. The van der Waals surface area contributed by atoms with Gasteiger partial charge in [0.1, 0.15) is 11.5 Å². The molecule has 0 aromatic carbocycles. The van der Waals surface area contributed by atoms with Crippen LogP contribution >= 0.6 is 11.3 Å². The minimum absolute atomic E-state index is 0.474. The second-order valence-electron chi connectivity index (χ2n) is 5.22. The molecule has 0 amide bonds. The second-order valence-corrected chi connectivity index (χ2v) is 6.22. The molecule has 4 heteroatoms. The molecule has 2 aromatic rings. The Kier molecular flexibility index (Phi) is 3.48. The summed E-state index contributed by atoms with van der Waals surface area (Å²) >= 11 is 1.88. The molecular formula is C15H20N2OS. The molecule has 3 rings (SSSR count). The average Bonchev–Trinajstić information content (AvgIpc) is 2.99. The fourth-order valence-corrected chi connectivity index (χ4v) is 3.81. The predicted octanol–water partition coefficient (Wildman–Crippen LogP) is 3.23. The molecule has 102 valence electrons. The van der Waals surface area contributed by atoms with E-state index in [0.29, 0.717) is 12.6 Å². The van der Waals surface area contributed by atoms with Crippen molar-refractivity contribution in [2.75, 3.05) is 6.54 Å². The van der Waals surface area contributed by atoms with Gasteiger partial charge in [0.15, 0.2) is 0 Å². The number of furan rings is 1. The number of nitrogens with zero attached hydrogens (tertiary/aromatic N) is 1. The van der Waals surface area contributed by atoms with Crippen LogP contribution in [0.15, 0.2) is 21.9 Å². The lowest BCUT2D eigenvalue weighted by atomic mass is 10.0. The largest absolute Gasteiger partial charge is 0.463 e. The maximum atomic E-state index is 5.82. The van der Waals surface area contributed by atoms with Gasteiger partial charge >= 0.3 is 0 Å². The molecule has 0 fully saturated rings. The molecule has 0 saturated carbocycles. The van der Waals surface area contributed by atoms with Crippen LogP contribution in [-0.2, 0) is 19.5 Å². The third-order valence-electron chi connectivity index (χ3n) is 4.02. The first-order valence-electron chi connectivity index (χ1n) is 6.77. The van der Waals surface area contributed by atoms with E-state index in [1.807, 2.05) is 11.3 Å². The molecule has 2 N–H and O–H groups in total. The number of nitrogens with two attached hydrogens (primary N) is 1. The van der Waals surface area contributed by atoms with E-state index in [2.05, 4.69) is 36.3 Å². The summed E-state index contributed by atoms with van der Waals surface area (Å²) in [7, 11) is 0. The van der Waals surface area contributed by atoms with Crippen LogP contribution in [0.4, 0.5) is 0 Å². The van der Waals surface area contributed by atoms with Gasteiger partial charge < -0.3 is 10.2 Å². The molecule has 0 bridgehead atoms. The highest BCUT2D eigenvalue weighted by molar-refractivity contribution is 7.10. The number of thiophene rings is 1. The maximum absolute atomic E-state index is 5.82. The summed E-state index contributed by atoms with van der Waals surface area (Å²) in [5.41, 5.74) is 8.32. The summed E-state index contributed by atoms with van der Waals surface area (Å²) in [6.45, 7) is 6.80. The van der Waals surface area contributed by atoms with E-state index in [4.69, 9.17) is 10.2 Å². The van der Waals surface area contributed by atoms with Gasteiger partial charge in [-0.2, -0.15) is 0 Å². The maximum Gasteiger partial charge on any atom is 0.120 e. The van der Waals surface area contributed by atoms with E-state index in [0.717, 1.165) is 31.0 Å². The van der Waals surface area contributed by atoms with Gasteiger partial charge in [0, 0.05) is 17.5 Å². The normalized spacial score (nSPS) is 19.6. The van der Waals surface area contributed by atoms with Crippen LogP contribution < -0.4 is 5.73 Å². The molecule has 2 aromatic heterocycles. The molecule has 1 atom stereocenters. The summed E-state index contributed by atoms with van der Waals surface area (Å²) in [5, 5.41) is 2.20. The summed E-state index contributed by atoms with van der Waals surface area (Å²) < 4.78 is 5.82. The van der Waals surface area contributed by atoms with Crippen molar-refractivity contribution in [3.8, 4) is 0 Å². The minimum atomic E-state index is 0.474. The second kappa shape index (κ2) is 5.12. The van der Waals surface area contributed by atoms with Crippen LogP contribution in [0.1, 0.15) is 40.5 Å². The zero-order valence-electron chi connectivity index (χ0n) is 11.5. The van der Waals surface area contributed by atoms with Gasteiger partial charge in [0.05, 0.1) is 13.1 Å². The molecular weight excluding hydrogens is 256 g/mol. The Morgan fingerprint density at radius 2 is 2.37 bits per heavy atom. The molecule has 1 aliphatic heterocycles. The fraction of sp³-hybridized carbons (Fsp3) is 0.467. The number of hydrogen-bond donors (Lipinski definition) is 1. The molecule has 1 unspecified atom stereocenters. The van der Waals surface area contributed by atoms with Crippen LogP contribution in [0.25, 0.3) is 0 Å². The highest BCUT2D eigenvalue weighted by atomic mass is 32.1. The van der Waals surface area contributed by atoms with Gasteiger partial charge in [-0.1, -0.05) is 0 Å². The van der Waals surface area contributed by atoms with Gasteiger partial charge in [-0.05, 0) is 48.9 Å². The van der Waals surface area contributed by atoms with E-state index < -0.39 is 0 Å². The molecule has 0 spiro atoms. The van der Waals surface area contributed by atoms with Gasteiger partial charge in [-0.25, -0.2) is 0 Å². The molecule has 0 radical (unpaired) electrons. The SMILES string of the molecule is Cc1cc(CN2CCc3sccc3C2C)oc1CN. The Balaban J connectivity index is 1.77. The van der Waals surface area contributed by atoms with Crippen molar-refractivity contribution in [2.24, 2.45) is 5.73 Å².